The van der Waals surface area contributed by atoms with Crippen molar-refractivity contribution >= 4 is 11.9 Å². The summed E-state index contributed by atoms with van der Waals surface area (Å²) in [6.45, 7) is 3.10. The second-order valence-electron chi connectivity index (χ2n) is 1.71. The Balaban J connectivity index is 4.22. The summed E-state index contributed by atoms with van der Waals surface area (Å²) in [6.07, 6.45) is 0. The molecule has 5 N–H and O–H groups in total. The van der Waals surface area contributed by atoms with Crippen LogP contribution < -0.4 is 11.5 Å². The number of hydrogen-bond donors (Lipinski definition) is 3. The Morgan fingerprint density at radius 3 is 2.00 bits per heavy atom. The average molecular weight is 144 g/mol. The molecule has 0 aromatic rings. The van der Waals surface area contributed by atoms with Gasteiger partial charge in [-0.2, -0.15) is 0 Å². The molecule has 0 radical (unpaired) electrons. The van der Waals surface area contributed by atoms with Crippen LogP contribution in [-0.2, 0) is 9.59 Å². The Bertz CT molecular complexity index is 187. The number of amides is 1. The summed E-state index contributed by atoms with van der Waals surface area (Å²) >= 11 is 0. The number of aliphatic carboxylic acids is 1. The van der Waals surface area contributed by atoms with E-state index in [1.807, 2.05) is 0 Å². The van der Waals surface area contributed by atoms with E-state index in [2.05, 4.69) is 6.58 Å². The molecule has 10 heavy (non-hydrogen) atoms. The first-order valence-corrected chi connectivity index (χ1v) is 2.43. The van der Waals surface area contributed by atoms with Crippen LogP contribution >= 0.6 is 0 Å². The Kier molecular flexibility index (Phi) is 2.57. The lowest BCUT2D eigenvalue weighted by Crippen LogP contribution is -2.37. The minimum absolute atomic E-state index is 0.299. The third kappa shape index (κ3) is 1.87. The van der Waals surface area contributed by atoms with Crippen LogP contribution in [0.25, 0.3) is 0 Å². The number of carbonyl (C=O) groups excluding carboxylic acids is 1. The molecule has 0 fully saturated rings. The highest BCUT2D eigenvalue weighted by Gasteiger charge is 2.18. The lowest BCUT2D eigenvalue weighted by molar-refractivity contribution is -0.138. The standard InChI is InChI=1S/C5H8N2O3/c1-2(4(7)8)3(6)5(9)10/h3H,1,6H2,(H2,7,8)(H,9,10)/t3-/m1/s1. The second-order valence-corrected chi connectivity index (χ2v) is 1.71. The molecule has 0 aliphatic rings. The average Bonchev–Trinajstić information content (AvgIpc) is 1.84. The molecule has 0 aliphatic carbocycles. The van der Waals surface area contributed by atoms with Gasteiger partial charge in [0.25, 0.3) is 0 Å². The molecule has 0 bridgehead atoms. The van der Waals surface area contributed by atoms with E-state index >= 15 is 0 Å². The van der Waals surface area contributed by atoms with E-state index in [-0.39, 0.29) is 5.57 Å². The molecule has 0 aromatic carbocycles. The molecule has 5 heteroatoms. The van der Waals surface area contributed by atoms with Crippen molar-refractivity contribution in [1.82, 2.24) is 0 Å². The summed E-state index contributed by atoms with van der Waals surface area (Å²) in [4.78, 5) is 20.3. The van der Waals surface area contributed by atoms with Crippen molar-refractivity contribution in [2.24, 2.45) is 11.5 Å². The van der Waals surface area contributed by atoms with Crippen LogP contribution in [0.4, 0.5) is 0 Å². The molecule has 0 spiro atoms. The van der Waals surface area contributed by atoms with Gasteiger partial charge in [0.2, 0.25) is 5.91 Å². The maximum absolute atomic E-state index is 10.2. The van der Waals surface area contributed by atoms with E-state index < -0.39 is 17.9 Å². The lowest BCUT2D eigenvalue weighted by atomic mass is 10.1. The van der Waals surface area contributed by atoms with Gasteiger partial charge in [-0.25, -0.2) is 0 Å². The third-order valence-electron chi connectivity index (χ3n) is 0.958. The predicted molar refractivity (Wildman–Crippen MR) is 33.9 cm³/mol. The maximum Gasteiger partial charge on any atom is 0.325 e. The van der Waals surface area contributed by atoms with Gasteiger partial charge in [-0.15, -0.1) is 0 Å². The fourth-order valence-corrected chi connectivity index (χ4v) is 0.302. The molecule has 0 heterocycles. The van der Waals surface area contributed by atoms with Crippen LogP contribution in [0.1, 0.15) is 0 Å². The first kappa shape index (κ1) is 8.64. The van der Waals surface area contributed by atoms with Gasteiger partial charge in [-0.3, -0.25) is 9.59 Å². The zero-order valence-corrected chi connectivity index (χ0v) is 5.20. The zero-order chi connectivity index (χ0) is 8.31. The molecule has 0 saturated heterocycles. The van der Waals surface area contributed by atoms with E-state index in [0.717, 1.165) is 0 Å². The van der Waals surface area contributed by atoms with E-state index in [1.165, 1.54) is 0 Å². The van der Waals surface area contributed by atoms with Crippen molar-refractivity contribution in [3.63, 3.8) is 0 Å². The van der Waals surface area contributed by atoms with Crippen molar-refractivity contribution < 1.29 is 14.7 Å². The summed E-state index contributed by atoms with van der Waals surface area (Å²) in [7, 11) is 0. The quantitative estimate of drug-likeness (QED) is 0.416. The van der Waals surface area contributed by atoms with Crippen LogP contribution in [-0.4, -0.2) is 23.0 Å². The van der Waals surface area contributed by atoms with Crippen LogP contribution in [0, 0.1) is 0 Å². The van der Waals surface area contributed by atoms with Crippen LogP contribution in [0.2, 0.25) is 0 Å². The second kappa shape index (κ2) is 2.98. The van der Waals surface area contributed by atoms with Crippen molar-refractivity contribution in [3.05, 3.63) is 12.2 Å². The number of carbonyl (C=O) groups is 2. The van der Waals surface area contributed by atoms with Gasteiger partial charge in [0.05, 0.1) is 0 Å². The summed E-state index contributed by atoms with van der Waals surface area (Å²) in [6, 6.07) is -1.39. The minimum atomic E-state index is -1.39. The summed E-state index contributed by atoms with van der Waals surface area (Å²) in [5, 5.41) is 8.21. The van der Waals surface area contributed by atoms with Crippen LogP contribution in [0.3, 0.4) is 0 Å². The molecule has 1 amide bonds. The molecule has 1 atom stereocenters. The largest absolute Gasteiger partial charge is 0.480 e. The number of rotatable bonds is 3. The maximum atomic E-state index is 10.2. The van der Waals surface area contributed by atoms with Gasteiger partial charge in [-0.1, -0.05) is 6.58 Å². The van der Waals surface area contributed by atoms with E-state index in [4.69, 9.17) is 16.6 Å². The van der Waals surface area contributed by atoms with E-state index in [0.29, 0.717) is 0 Å². The Morgan fingerprint density at radius 1 is 1.50 bits per heavy atom. The number of hydrogen-bond acceptors (Lipinski definition) is 3. The van der Waals surface area contributed by atoms with Gasteiger partial charge in [-0.05, 0) is 0 Å². The lowest BCUT2D eigenvalue weighted by Gasteiger charge is -2.04. The fourth-order valence-electron chi connectivity index (χ4n) is 0.302. The monoisotopic (exact) mass is 144 g/mol. The predicted octanol–water partition coefficient (Wildman–Crippen LogP) is -1.56. The topological polar surface area (TPSA) is 106 Å². The highest BCUT2D eigenvalue weighted by atomic mass is 16.4. The molecule has 0 aromatic heterocycles. The summed E-state index contributed by atoms with van der Waals surface area (Å²) in [5.41, 5.74) is 9.36. The molecule has 0 rings (SSSR count). The summed E-state index contributed by atoms with van der Waals surface area (Å²) in [5.74, 6) is -2.21. The van der Waals surface area contributed by atoms with Gasteiger partial charge in [0, 0.05) is 5.57 Å². The Hall–Kier alpha value is -1.36. The number of nitrogens with two attached hydrogens (primary N) is 2. The van der Waals surface area contributed by atoms with Crippen molar-refractivity contribution in [2.45, 2.75) is 6.04 Å². The van der Waals surface area contributed by atoms with Gasteiger partial charge < -0.3 is 16.6 Å². The first-order valence-electron chi connectivity index (χ1n) is 2.43. The van der Waals surface area contributed by atoms with Crippen LogP contribution in [0.5, 0.6) is 0 Å². The zero-order valence-electron chi connectivity index (χ0n) is 5.20. The normalized spacial score (nSPS) is 12.1. The molecule has 5 nitrogen and oxygen atoms in total. The minimum Gasteiger partial charge on any atom is -0.480 e. The van der Waals surface area contributed by atoms with Crippen molar-refractivity contribution in [1.29, 1.82) is 0 Å². The van der Waals surface area contributed by atoms with Gasteiger partial charge in [0.15, 0.2) is 0 Å². The van der Waals surface area contributed by atoms with E-state index in [1.54, 1.807) is 0 Å². The van der Waals surface area contributed by atoms with Crippen molar-refractivity contribution in [3.8, 4) is 0 Å². The Morgan fingerprint density at radius 2 is 1.90 bits per heavy atom. The first-order chi connectivity index (χ1) is 4.46. The smallest absolute Gasteiger partial charge is 0.325 e. The molecular weight excluding hydrogens is 136 g/mol. The summed E-state index contributed by atoms with van der Waals surface area (Å²) < 4.78 is 0. The molecule has 0 unspecified atom stereocenters. The van der Waals surface area contributed by atoms with Gasteiger partial charge in [0.1, 0.15) is 6.04 Å². The fraction of sp³-hybridized carbons (Fsp3) is 0.200. The molecule has 56 valence electrons. The van der Waals surface area contributed by atoms with Gasteiger partial charge >= 0.3 is 5.97 Å². The number of primary amides is 1. The Labute approximate surface area is 57.3 Å². The molecular formula is C5H8N2O3. The van der Waals surface area contributed by atoms with Crippen LogP contribution in [0.15, 0.2) is 12.2 Å². The number of carboxylic acids is 1. The third-order valence-corrected chi connectivity index (χ3v) is 0.958. The van der Waals surface area contributed by atoms with E-state index in [9.17, 15) is 9.59 Å². The SMILES string of the molecule is C=C(C(N)=O)[C@@H](N)C(=O)O. The highest BCUT2D eigenvalue weighted by molar-refractivity contribution is 5.98. The van der Waals surface area contributed by atoms with Crippen molar-refractivity contribution in [2.75, 3.05) is 0 Å². The molecule has 0 saturated carbocycles. The highest BCUT2D eigenvalue weighted by Crippen LogP contribution is 1.93. The number of carboxylic acid groups (broad SMARTS) is 1. The molecule has 0 aliphatic heterocycles.